The lowest BCUT2D eigenvalue weighted by Crippen LogP contribution is -2.37. The third-order valence-electron chi connectivity index (χ3n) is 3.85. The molecule has 1 aromatic rings. The van der Waals surface area contributed by atoms with Crippen molar-refractivity contribution in [1.29, 1.82) is 0 Å². The van der Waals surface area contributed by atoms with Crippen LogP contribution in [0.15, 0.2) is 29.2 Å². The van der Waals surface area contributed by atoms with Gasteiger partial charge in [-0.3, -0.25) is 9.59 Å². The third kappa shape index (κ3) is 5.02. The summed E-state index contributed by atoms with van der Waals surface area (Å²) in [7, 11) is -2.11. The molecule has 1 aromatic carbocycles. The van der Waals surface area contributed by atoms with E-state index in [1.54, 1.807) is 0 Å². The van der Waals surface area contributed by atoms with Gasteiger partial charge < -0.3 is 15.4 Å². The Kier molecular flexibility index (Phi) is 6.70. The Morgan fingerprint density at radius 1 is 1.08 bits per heavy atom. The smallest absolute Gasteiger partial charge is 0.338 e. The minimum Gasteiger partial charge on any atom is -0.452 e. The Bertz CT molecular complexity index is 770. The van der Waals surface area contributed by atoms with Crippen LogP contribution in [0.3, 0.4) is 0 Å². The van der Waals surface area contributed by atoms with Crippen molar-refractivity contribution in [2.45, 2.75) is 17.7 Å². The third-order valence-corrected chi connectivity index (χ3v) is 5.77. The summed E-state index contributed by atoms with van der Waals surface area (Å²) in [5, 5.41) is 4.62. The summed E-state index contributed by atoms with van der Waals surface area (Å²) in [6, 6.07) is 5.37. The SMILES string of the molecule is CNC(=O)CNC(=O)COC(=O)c1ccc(S(=O)(=O)N2CCCC2)cc1. The van der Waals surface area contributed by atoms with E-state index in [1.807, 2.05) is 0 Å². The first kappa shape index (κ1) is 19.9. The highest BCUT2D eigenvalue weighted by atomic mass is 32.2. The predicted molar refractivity (Wildman–Crippen MR) is 91.8 cm³/mol. The van der Waals surface area contributed by atoms with Crippen molar-refractivity contribution in [2.75, 3.05) is 33.3 Å². The average molecular weight is 383 g/mol. The number of sulfonamides is 1. The van der Waals surface area contributed by atoms with Gasteiger partial charge in [-0.15, -0.1) is 0 Å². The van der Waals surface area contributed by atoms with Crippen LogP contribution in [0.4, 0.5) is 0 Å². The Labute approximate surface area is 151 Å². The Hall–Kier alpha value is -2.46. The summed E-state index contributed by atoms with van der Waals surface area (Å²) in [4.78, 5) is 34.5. The normalized spacial score (nSPS) is 14.7. The van der Waals surface area contributed by atoms with Gasteiger partial charge in [-0.2, -0.15) is 4.31 Å². The first-order chi connectivity index (χ1) is 12.3. The molecule has 142 valence electrons. The lowest BCUT2D eigenvalue weighted by Gasteiger charge is -2.15. The van der Waals surface area contributed by atoms with Crippen molar-refractivity contribution in [1.82, 2.24) is 14.9 Å². The van der Waals surface area contributed by atoms with Gasteiger partial charge in [-0.25, -0.2) is 13.2 Å². The molecule has 1 heterocycles. The molecular formula is C16H21N3O6S. The van der Waals surface area contributed by atoms with Crippen LogP contribution < -0.4 is 10.6 Å². The molecule has 0 saturated carbocycles. The molecule has 1 saturated heterocycles. The van der Waals surface area contributed by atoms with Gasteiger partial charge in [0.1, 0.15) is 0 Å². The van der Waals surface area contributed by atoms with E-state index in [-0.39, 0.29) is 22.9 Å². The predicted octanol–water partition coefficient (Wildman–Crippen LogP) is -0.510. The highest BCUT2D eigenvalue weighted by molar-refractivity contribution is 7.89. The number of benzene rings is 1. The number of hydrogen-bond acceptors (Lipinski definition) is 6. The summed E-state index contributed by atoms with van der Waals surface area (Å²) in [6.07, 6.45) is 1.68. The quantitative estimate of drug-likeness (QED) is 0.612. The first-order valence-electron chi connectivity index (χ1n) is 8.09. The van der Waals surface area contributed by atoms with Gasteiger partial charge >= 0.3 is 5.97 Å². The first-order valence-corrected chi connectivity index (χ1v) is 9.53. The number of ether oxygens (including phenoxy) is 1. The fourth-order valence-electron chi connectivity index (χ4n) is 2.37. The zero-order valence-corrected chi connectivity index (χ0v) is 15.2. The molecule has 0 aliphatic carbocycles. The number of rotatable bonds is 7. The van der Waals surface area contributed by atoms with Crippen molar-refractivity contribution in [3.8, 4) is 0 Å². The van der Waals surface area contributed by atoms with E-state index in [0.717, 1.165) is 12.8 Å². The average Bonchev–Trinajstić information content (AvgIpc) is 3.19. The summed E-state index contributed by atoms with van der Waals surface area (Å²) in [5.74, 6) is -1.75. The lowest BCUT2D eigenvalue weighted by atomic mass is 10.2. The van der Waals surface area contributed by atoms with Crippen LogP contribution >= 0.6 is 0 Å². The van der Waals surface area contributed by atoms with Gasteiger partial charge in [-0.05, 0) is 37.1 Å². The number of nitrogens with zero attached hydrogens (tertiary/aromatic N) is 1. The molecule has 0 atom stereocenters. The van der Waals surface area contributed by atoms with Crippen molar-refractivity contribution in [3.05, 3.63) is 29.8 Å². The maximum atomic E-state index is 12.4. The molecule has 1 aliphatic heterocycles. The largest absolute Gasteiger partial charge is 0.452 e. The number of carbonyl (C=O) groups excluding carboxylic acids is 3. The van der Waals surface area contributed by atoms with Crippen LogP contribution in [0.5, 0.6) is 0 Å². The zero-order valence-electron chi connectivity index (χ0n) is 14.4. The molecule has 0 aromatic heterocycles. The summed E-state index contributed by atoms with van der Waals surface area (Å²) in [6.45, 7) is 0.244. The van der Waals surface area contributed by atoms with E-state index in [4.69, 9.17) is 4.74 Å². The second-order valence-electron chi connectivity index (χ2n) is 5.66. The zero-order chi connectivity index (χ0) is 19.2. The van der Waals surface area contributed by atoms with Crippen LogP contribution in [-0.2, 0) is 24.3 Å². The maximum absolute atomic E-state index is 12.4. The monoisotopic (exact) mass is 383 g/mol. The minimum atomic E-state index is -3.55. The summed E-state index contributed by atoms with van der Waals surface area (Å²) in [5.41, 5.74) is 0.129. The van der Waals surface area contributed by atoms with Gasteiger partial charge in [0.15, 0.2) is 6.61 Å². The standard InChI is InChI=1S/C16H21N3O6S/c1-17-14(20)10-18-15(21)11-25-16(22)12-4-6-13(7-5-12)26(23,24)19-8-2-3-9-19/h4-7H,2-3,8-11H2,1H3,(H,17,20)(H,18,21). The number of hydrogen-bond donors (Lipinski definition) is 2. The van der Waals surface area contributed by atoms with Crippen LogP contribution in [0.25, 0.3) is 0 Å². The van der Waals surface area contributed by atoms with E-state index in [2.05, 4.69) is 10.6 Å². The summed E-state index contributed by atoms with van der Waals surface area (Å²) >= 11 is 0. The topological polar surface area (TPSA) is 122 Å². The molecule has 1 fully saturated rings. The van der Waals surface area contributed by atoms with E-state index >= 15 is 0 Å². The highest BCUT2D eigenvalue weighted by Crippen LogP contribution is 2.21. The van der Waals surface area contributed by atoms with Gasteiger partial charge in [0, 0.05) is 20.1 Å². The lowest BCUT2D eigenvalue weighted by molar-refractivity contribution is -0.127. The number of nitrogens with one attached hydrogen (secondary N) is 2. The highest BCUT2D eigenvalue weighted by Gasteiger charge is 2.27. The second kappa shape index (κ2) is 8.77. The molecule has 2 rings (SSSR count). The van der Waals surface area contributed by atoms with Gasteiger partial charge in [0.05, 0.1) is 17.0 Å². The second-order valence-corrected chi connectivity index (χ2v) is 7.60. The molecule has 0 radical (unpaired) electrons. The van der Waals surface area contributed by atoms with Crippen LogP contribution in [0.2, 0.25) is 0 Å². The molecule has 10 heteroatoms. The number of esters is 1. The molecule has 26 heavy (non-hydrogen) atoms. The van der Waals surface area contributed by atoms with Crippen molar-refractivity contribution in [3.63, 3.8) is 0 Å². The van der Waals surface area contributed by atoms with E-state index < -0.39 is 28.5 Å². The van der Waals surface area contributed by atoms with E-state index in [9.17, 15) is 22.8 Å². The van der Waals surface area contributed by atoms with Crippen LogP contribution in [0, 0.1) is 0 Å². The molecule has 0 bridgehead atoms. The molecule has 2 amide bonds. The molecule has 2 N–H and O–H groups in total. The Morgan fingerprint density at radius 2 is 1.69 bits per heavy atom. The number of carbonyl (C=O) groups is 3. The van der Waals surface area contributed by atoms with Crippen molar-refractivity contribution < 1.29 is 27.5 Å². The van der Waals surface area contributed by atoms with Gasteiger partial charge in [0.25, 0.3) is 5.91 Å². The van der Waals surface area contributed by atoms with Gasteiger partial charge in [-0.1, -0.05) is 0 Å². The number of amides is 2. The van der Waals surface area contributed by atoms with Crippen LogP contribution in [-0.4, -0.2) is 63.8 Å². The van der Waals surface area contributed by atoms with Crippen molar-refractivity contribution >= 4 is 27.8 Å². The fraction of sp³-hybridized carbons (Fsp3) is 0.438. The van der Waals surface area contributed by atoms with Gasteiger partial charge in [0.2, 0.25) is 15.9 Å². The van der Waals surface area contributed by atoms with Crippen LogP contribution in [0.1, 0.15) is 23.2 Å². The Balaban J connectivity index is 1.90. The Morgan fingerprint density at radius 3 is 2.27 bits per heavy atom. The molecule has 9 nitrogen and oxygen atoms in total. The van der Waals surface area contributed by atoms with Crippen molar-refractivity contribution in [2.24, 2.45) is 0 Å². The van der Waals surface area contributed by atoms with E-state index in [0.29, 0.717) is 13.1 Å². The van der Waals surface area contributed by atoms with E-state index in [1.165, 1.54) is 35.6 Å². The minimum absolute atomic E-state index is 0.110. The number of likely N-dealkylation sites (N-methyl/N-ethyl adjacent to an activating group) is 1. The maximum Gasteiger partial charge on any atom is 0.338 e. The molecule has 0 unspecified atom stereocenters. The molecule has 0 spiro atoms. The molecule has 1 aliphatic rings. The fourth-order valence-corrected chi connectivity index (χ4v) is 3.89. The molecular weight excluding hydrogens is 362 g/mol. The summed E-state index contributed by atoms with van der Waals surface area (Å²) < 4.78 is 31.1.